The fourth-order valence-corrected chi connectivity index (χ4v) is 1.61. The first-order valence-corrected chi connectivity index (χ1v) is 5.18. The third-order valence-corrected chi connectivity index (χ3v) is 2.44. The van der Waals surface area contributed by atoms with E-state index in [9.17, 15) is 9.18 Å². The monoisotopic (exact) mass is 216 g/mol. The van der Waals surface area contributed by atoms with Crippen molar-refractivity contribution >= 4 is 5.97 Å². The van der Waals surface area contributed by atoms with Crippen molar-refractivity contribution in [3.8, 4) is 0 Å². The molecule has 0 bridgehead atoms. The lowest BCUT2D eigenvalue weighted by molar-refractivity contribution is -0.139. The molecule has 1 atom stereocenters. The van der Waals surface area contributed by atoms with Crippen molar-refractivity contribution in [2.24, 2.45) is 5.92 Å². The van der Waals surface area contributed by atoms with Crippen LogP contribution in [0.5, 0.6) is 0 Å². The molecule has 0 amide bonds. The minimum Gasteiger partial charge on any atom is -0.481 e. The Morgan fingerprint density at radius 2 is 2.47 bits per heavy atom. The summed E-state index contributed by atoms with van der Waals surface area (Å²) in [5.41, 5.74) is 0.381. The van der Waals surface area contributed by atoms with Crippen LogP contribution in [0.3, 0.4) is 0 Å². The molecule has 0 aromatic heterocycles. The van der Waals surface area contributed by atoms with Gasteiger partial charge in [0.15, 0.2) is 0 Å². The summed E-state index contributed by atoms with van der Waals surface area (Å²) in [7, 11) is 0. The SMILES string of the molecule is CCCNCC(F)=C1CNCC1C(=O)O. The van der Waals surface area contributed by atoms with E-state index >= 15 is 0 Å². The van der Waals surface area contributed by atoms with Crippen LogP contribution in [-0.4, -0.2) is 37.3 Å². The molecule has 0 saturated carbocycles. The van der Waals surface area contributed by atoms with Crippen LogP contribution >= 0.6 is 0 Å². The largest absolute Gasteiger partial charge is 0.481 e. The molecule has 1 rings (SSSR count). The van der Waals surface area contributed by atoms with Crippen molar-refractivity contribution in [2.75, 3.05) is 26.2 Å². The van der Waals surface area contributed by atoms with E-state index in [4.69, 9.17) is 5.11 Å². The standard InChI is InChI=1S/C10H17FN2O2/c1-2-3-12-6-9(11)7-4-13-5-8(7)10(14)15/h8,12-13H,2-6H2,1H3,(H,14,15). The summed E-state index contributed by atoms with van der Waals surface area (Å²) in [6.45, 7) is 3.54. The van der Waals surface area contributed by atoms with Crippen molar-refractivity contribution in [2.45, 2.75) is 13.3 Å². The topological polar surface area (TPSA) is 61.4 Å². The van der Waals surface area contributed by atoms with Crippen LogP contribution in [0, 0.1) is 5.92 Å². The molecule has 1 aliphatic rings. The average Bonchev–Trinajstić information content (AvgIpc) is 2.66. The zero-order valence-electron chi connectivity index (χ0n) is 8.85. The van der Waals surface area contributed by atoms with Crippen LogP contribution in [0.4, 0.5) is 4.39 Å². The van der Waals surface area contributed by atoms with E-state index in [0.29, 0.717) is 18.7 Å². The highest BCUT2D eigenvalue weighted by atomic mass is 19.1. The highest BCUT2D eigenvalue weighted by Crippen LogP contribution is 2.20. The number of rotatable bonds is 5. The summed E-state index contributed by atoms with van der Waals surface area (Å²) >= 11 is 0. The van der Waals surface area contributed by atoms with Crippen LogP contribution in [0.1, 0.15) is 13.3 Å². The molecule has 0 spiro atoms. The first-order valence-electron chi connectivity index (χ1n) is 5.18. The van der Waals surface area contributed by atoms with Gasteiger partial charge in [-0.15, -0.1) is 0 Å². The van der Waals surface area contributed by atoms with Gasteiger partial charge < -0.3 is 15.7 Å². The van der Waals surface area contributed by atoms with Crippen LogP contribution in [0.25, 0.3) is 0 Å². The van der Waals surface area contributed by atoms with Gasteiger partial charge >= 0.3 is 5.97 Å². The second kappa shape index (κ2) is 5.82. The van der Waals surface area contributed by atoms with Gasteiger partial charge in [0.1, 0.15) is 5.83 Å². The van der Waals surface area contributed by atoms with Crippen LogP contribution in [-0.2, 0) is 4.79 Å². The predicted molar refractivity (Wildman–Crippen MR) is 55.3 cm³/mol. The van der Waals surface area contributed by atoms with E-state index in [2.05, 4.69) is 10.6 Å². The van der Waals surface area contributed by atoms with Crippen LogP contribution in [0.2, 0.25) is 0 Å². The second-order valence-corrected chi connectivity index (χ2v) is 3.63. The van der Waals surface area contributed by atoms with Gasteiger partial charge in [-0.05, 0) is 18.5 Å². The van der Waals surface area contributed by atoms with Gasteiger partial charge in [0.25, 0.3) is 0 Å². The zero-order valence-corrected chi connectivity index (χ0v) is 8.85. The van der Waals surface area contributed by atoms with Gasteiger partial charge in [0.05, 0.1) is 5.92 Å². The minimum atomic E-state index is -0.958. The quantitative estimate of drug-likeness (QED) is 0.586. The Labute approximate surface area is 88.5 Å². The van der Waals surface area contributed by atoms with Crippen molar-refractivity contribution in [1.29, 1.82) is 0 Å². The van der Waals surface area contributed by atoms with Crippen molar-refractivity contribution < 1.29 is 14.3 Å². The van der Waals surface area contributed by atoms with Crippen LogP contribution in [0.15, 0.2) is 11.4 Å². The molecule has 0 aromatic carbocycles. The molecule has 1 aliphatic heterocycles. The molecular weight excluding hydrogens is 199 g/mol. The first kappa shape index (κ1) is 12.1. The van der Waals surface area contributed by atoms with Crippen LogP contribution < -0.4 is 10.6 Å². The molecule has 86 valence electrons. The molecule has 1 fully saturated rings. The number of carbonyl (C=O) groups is 1. The molecule has 5 heteroatoms. The van der Waals surface area contributed by atoms with E-state index in [1.54, 1.807) is 0 Å². The number of carboxylic acid groups (broad SMARTS) is 1. The summed E-state index contributed by atoms with van der Waals surface area (Å²) < 4.78 is 13.6. The Morgan fingerprint density at radius 3 is 3.07 bits per heavy atom. The number of carboxylic acids is 1. The summed E-state index contributed by atoms with van der Waals surface area (Å²) in [6.07, 6.45) is 0.934. The molecular formula is C10H17FN2O2. The second-order valence-electron chi connectivity index (χ2n) is 3.63. The van der Waals surface area contributed by atoms with E-state index < -0.39 is 11.9 Å². The Bertz CT molecular complexity index is 266. The summed E-state index contributed by atoms with van der Waals surface area (Å²) in [5.74, 6) is -1.99. The molecule has 0 aromatic rings. The van der Waals surface area contributed by atoms with E-state index in [-0.39, 0.29) is 12.4 Å². The minimum absolute atomic E-state index is 0.134. The Balaban J connectivity index is 2.57. The van der Waals surface area contributed by atoms with E-state index in [0.717, 1.165) is 13.0 Å². The summed E-state index contributed by atoms with van der Waals surface area (Å²) in [6, 6.07) is 0. The van der Waals surface area contributed by atoms with Gasteiger partial charge in [-0.25, -0.2) is 4.39 Å². The fourth-order valence-electron chi connectivity index (χ4n) is 1.61. The highest BCUT2D eigenvalue weighted by Gasteiger charge is 2.29. The van der Waals surface area contributed by atoms with Gasteiger partial charge in [-0.3, -0.25) is 4.79 Å². The lowest BCUT2D eigenvalue weighted by Gasteiger charge is -2.08. The lowest BCUT2D eigenvalue weighted by atomic mass is 10.0. The van der Waals surface area contributed by atoms with Crippen molar-refractivity contribution in [3.05, 3.63) is 11.4 Å². The predicted octanol–water partition coefficient (Wildman–Crippen LogP) is 0.514. The van der Waals surface area contributed by atoms with Gasteiger partial charge in [-0.2, -0.15) is 0 Å². The maximum atomic E-state index is 13.6. The molecule has 0 radical (unpaired) electrons. The number of hydrogen-bond donors (Lipinski definition) is 3. The zero-order chi connectivity index (χ0) is 11.3. The third-order valence-electron chi connectivity index (χ3n) is 2.44. The summed E-state index contributed by atoms with van der Waals surface area (Å²) in [4.78, 5) is 10.8. The van der Waals surface area contributed by atoms with Gasteiger partial charge in [0, 0.05) is 19.6 Å². The lowest BCUT2D eigenvalue weighted by Crippen LogP contribution is -2.21. The maximum absolute atomic E-state index is 13.6. The highest BCUT2D eigenvalue weighted by molar-refractivity contribution is 5.75. The maximum Gasteiger partial charge on any atom is 0.312 e. The normalized spacial score (nSPS) is 24.3. The molecule has 1 unspecified atom stereocenters. The molecule has 4 nitrogen and oxygen atoms in total. The van der Waals surface area contributed by atoms with E-state index in [1.165, 1.54) is 0 Å². The van der Waals surface area contributed by atoms with Crippen molar-refractivity contribution in [1.82, 2.24) is 10.6 Å². The third kappa shape index (κ3) is 3.28. The smallest absolute Gasteiger partial charge is 0.312 e. The van der Waals surface area contributed by atoms with Crippen molar-refractivity contribution in [3.63, 3.8) is 0 Å². The number of hydrogen-bond acceptors (Lipinski definition) is 3. The first-order chi connectivity index (χ1) is 7.16. The molecule has 15 heavy (non-hydrogen) atoms. The number of nitrogens with one attached hydrogen (secondary N) is 2. The molecule has 0 aliphatic carbocycles. The molecule has 1 saturated heterocycles. The number of halogens is 1. The fraction of sp³-hybridized carbons (Fsp3) is 0.700. The summed E-state index contributed by atoms with van der Waals surface area (Å²) in [5, 5.41) is 14.6. The van der Waals surface area contributed by atoms with E-state index in [1.807, 2.05) is 6.92 Å². The average molecular weight is 216 g/mol. The van der Waals surface area contributed by atoms with Gasteiger partial charge in [-0.1, -0.05) is 6.92 Å². The molecule has 3 N–H and O–H groups in total. The molecule has 1 heterocycles. The van der Waals surface area contributed by atoms with Gasteiger partial charge in [0.2, 0.25) is 0 Å². The Morgan fingerprint density at radius 1 is 1.73 bits per heavy atom. The number of aliphatic carboxylic acids is 1. The Kier molecular flexibility index (Phi) is 4.71. The Hall–Kier alpha value is -0.940.